The molecule has 16 heavy (non-hydrogen) atoms. The van der Waals surface area contributed by atoms with Crippen molar-refractivity contribution in [3.05, 3.63) is 33.8 Å². The largest absolute Gasteiger partial charge is 0.307 e. The highest BCUT2D eigenvalue weighted by Gasteiger charge is 2.27. The van der Waals surface area contributed by atoms with Crippen LogP contribution in [0.25, 0.3) is 0 Å². The summed E-state index contributed by atoms with van der Waals surface area (Å²) in [7, 11) is 0. The van der Waals surface area contributed by atoms with Gasteiger partial charge in [0.25, 0.3) is 0 Å². The van der Waals surface area contributed by atoms with Crippen LogP contribution in [0.4, 0.5) is 0 Å². The molecule has 0 aliphatic heterocycles. The average Bonchev–Trinajstić information content (AvgIpc) is 2.64. The predicted octanol–water partition coefficient (Wildman–Crippen LogP) is 4.42. The van der Waals surface area contributed by atoms with Gasteiger partial charge in [0.1, 0.15) is 0 Å². The van der Waals surface area contributed by atoms with Crippen molar-refractivity contribution in [2.24, 2.45) is 0 Å². The fraction of sp³-hybridized carbons (Fsp3) is 0.538. The Kier molecular flexibility index (Phi) is 3.78. The number of halogens is 2. The van der Waals surface area contributed by atoms with Crippen molar-refractivity contribution >= 4 is 23.2 Å². The van der Waals surface area contributed by atoms with E-state index < -0.39 is 0 Å². The maximum Gasteiger partial charge on any atom is 0.0465 e. The van der Waals surface area contributed by atoms with Gasteiger partial charge in [-0.1, -0.05) is 42.1 Å². The number of benzene rings is 1. The Labute approximate surface area is 107 Å². The molecule has 0 atom stereocenters. The molecule has 0 unspecified atom stereocenters. The van der Waals surface area contributed by atoms with Crippen molar-refractivity contribution in [1.82, 2.24) is 5.32 Å². The maximum atomic E-state index is 6.14. The van der Waals surface area contributed by atoms with Gasteiger partial charge in [0.15, 0.2) is 0 Å². The summed E-state index contributed by atoms with van der Waals surface area (Å²) in [6.07, 6.45) is 5.19. The fourth-order valence-electron chi connectivity index (χ4n) is 2.31. The Morgan fingerprint density at radius 1 is 1.25 bits per heavy atom. The van der Waals surface area contributed by atoms with E-state index in [9.17, 15) is 0 Å². The molecule has 1 aliphatic carbocycles. The lowest BCUT2D eigenvalue weighted by atomic mass is 10.0. The number of hydrogen-bond acceptors (Lipinski definition) is 1. The van der Waals surface area contributed by atoms with Gasteiger partial charge in [-0.15, -0.1) is 0 Å². The maximum absolute atomic E-state index is 6.14. The van der Waals surface area contributed by atoms with Crippen molar-refractivity contribution in [2.75, 3.05) is 0 Å². The van der Waals surface area contributed by atoms with Gasteiger partial charge < -0.3 is 5.32 Å². The van der Waals surface area contributed by atoms with Gasteiger partial charge in [0.2, 0.25) is 0 Å². The molecule has 1 aliphatic rings. The summed E-state index contributed by atoms with van der Waals surface area (Å²) in [5.41, 5.74) is 1.42. The van der Waals surface area contributed by atoms with E-state index in [1.54, 1.807) is 6.07 Å². The van der Waals surface area contributed by atoms with Crippen molar-refractivity contribution < 1.29 is 0 Å². The smallest absolute Gasteiger partial charge is 0.0465 e. The minimum Gasteiger partial charge on any atom is -0.307 e. The molecule has 0 amide bonds. The number of nitrogens with one attached hydrogen (secondary N) is 1. The predicted molar refractivity (Wildman–Crippen MR) is 70.2 cm³/mol. The van der Waals surface area contributed by atoms with Crippen molar-refractivity contribution in [1.29, 1.82) is 0 Å². The van der Waals surface area contributed by atoms with Crippen molar-refractivity contribution in [3.63, 3.8) is 0 Å². The second-order valence-corrected chi connectivity index (χ2v) is 5.70. The molecule has 1 N–H and O–H groups in total. The topological polar surface area (TPSA) is 12.0 Å². The van der Waals surface area contributed by atoms with Crippen molar-refractivity contribution in [3.8, 4) is 0 Å². The van der Waals surface area contributed by atoms with Gasteiger partial charge in [0, 0.05) is 22.1 Å². The first kappa shape index (κ1) is 12.2. The quantitative estimate of drug-likeness (QED) is 0.846. The second kappa shape index (κ2) is 4.95. The fourth-order valence-corrected chi connectivity index (χ4v) is 2.78. The van der Waals surface area contributed by atoms with E-state index in [0.717, 1.165) is 17.1 Å². The number of rotatable bonds is 3. The molecule has 88 valence electrons. The summed E-state index contributed by atoms with van der Waals surface area (Å²) >= 11 is 12.0. The summed E-state index contributed by atoms with van der Waals surface area (Å²) in [5, 5.41) is 5.05. The highest BCUT2D eigenvalue weighted by Crippen LogP contribution is 2.30. The minimum atomic E-state index is 0.295. The van der Waals surface area contributed by atoms with Crippen LogP contribution in [0.1, 0.15) is 38.2 Å². The molecular weight excluding hydrogens is 241 g/mol. The first-order chi connectivity index (χ1) is 7.59. The van der Waals surface area contributed by atoms with E-state index in [1.807, 2.05) is 12.1 Å². The molecule has 1 fully saturated rings. The van der Waals surface area contributed by atoms with E-state index >= 15 is 0 Å². The molecule has 1 saturated carbocycles. The lowest BCUT2D eigenvalue weighted by molar-refractivity contribution is 0.363. The van der Waals surface area contributed by atoms with Crippen LogP contribution in [0.15, 0.2) is 18.2 Å². The average molecular weight is 258 g/mol. The Hall–Kier alpha value is -0.240. The first-order valence-electron chi connectivity index (χ1n) is 5.78. The van der Waals surface area contributed by atoms with Crippen LogP contribution >= 0.6 is 23.2 Å². The van der Waals surface area contributed by atoms with E-state index in [-0.39, 0.29) is 0 Å². The van der Waals surface area contributed by atoms with Crippen LogP contribution in [-0.2, 0) is 6.54 Å². The molecule has 0 spiro atoms. The minimum absolute atomic E-state index is 0.295. The first-order valence-corrected chi connectivity index (χ1v) is 6.54. The highest BCUT2D eigenvalue weighted by atomic mass is 35.5. The molecule has 1 aromatic rings. The normalized spacial score (nSPS) is 18.9. The van der Waals surface area contributed by atoms with Gasteiger partial charge >= 0.3 is 0 Å². The molecule has 0 heterocycles. The molecular formula is C13H17Cl2N. The number of hydrogen-bond donors (Lipinski definition) is 1. The lowest BCUT2D eigenvalue weighted by Crippen LogP contribution is -2.38. The summed E-state index contributed by atoms with van der Waals surface area (Å²) in [5.74, 6) is 0. The van der Waals surface area contributed by atoms with Gasteiger partial charge in [0.05, 0.1) is 0 Å². The van der Waals surface area contributed by atoms with E-state index in [1.165, 1.54) is 25.7 Å². The monoisotopic (exact) mass is 257 g/mol. The Balaban J connectivity index is 1.99. The Morgan fingerprint density at radius 2 is 1.94 bits per heavy atom. The van der Waals surface area contributed by atoms with Gasteiger partial charge in [-0.05, 0) is 37.5 Å². The van der Waals surface area contributed by atoms with Crippen LogP contribution in [0.3, 0.4) is 0 Å². The third-order valence-electron chi connectivity index (χ3n) is 3.43. The third-order valence-corrected chi connectivity index (χ3v) is 4.01. The zero-order chi connectivity index (χ0) is 11.6. The molecule has 1 nitrogen and oxygen atoms in total. The molecule has 0 saturated heterocycles. The van der Waals surface area contributed by atoms with Gasteiger partial charge in [-0.25, -0.2) is 0 Å². The van der Waals surface area contributed by atoms with E-state index in [0.29, 0.717) is 10.6 Å². The van der Waals surface area contributed by atoms with Crippen LogP contribution in [0.2, 0.25) is 10.0 Å². The standard InChI is InChI=1S/C13H17Cl2N/c1-13(6-2-3-7-13)16-9-10-4-5-11(14)8-12(10)15/h4-5,8,16H,2-3,6-7,9H2,1H3. The summed E-state index contributed by atoms with van der Waals surface area (Å²) < 4.78 is 0. The highest BCUT2D eigenvalue weighted by molar-refractivity contribution is 6.35. The Morgan fingerprint density at radius 3 is 2.56 bits per heavy atom. The van der Waals surface area contributed by atoms with Crippen LogP contribution in [0.5, 0.6) is 0 Å². The van der Waals surface area contributed by atoms with Crippen LogP contribution in [0, 0.1) is 0 Å². The van der Waals surface area contributed by atoms with Crippen molar-refractivity contribution in [2.45, 2.75) is 44.7 Å². The van der Waals surface area contributed by atoms with E-state index in [2.05, 4.69) is 12.2 Å². The molecule has 3 heteroatoms. The molecule has 0 bridgehead atoms. The third kappa shape index (κ3) is 2.91. The molecule has 2 rings (SSSR count). The van der Waals surface area contributed by atoms with Gasteiger partial charge in [-0.3, -0.25) is 0 Å². The van der Waals surface area contributed by atoms with Crippen LogP contribution < -0.4 is 5.32 Å². The SMILES string of the molecule is CC1(NCc2ccc(Cl)cc2Cl)CCCC1. The lowest BCUT2D eigenvalue weighted by Gasteiger charge is -2.25. The summed E-state index contributed by atoms with van der Waals surface area (Å²) in [4.78, 5) is 0. The Bertz CT molecular complexity index is 370. The summed E-state index contributed by atoms with van der Waals surface area (Å²) in [6.45, 7) is 3.12. The zero-order valence-corrected chi connectivity index (χ0v) is 11.0. The molecule has 0 aromatic heterocycles. The zero-order valence-electron chi connectivity index (χ0n) is 9.52. The molecule has 1 aromatic carbocycles. The second-order valence-electron chi connectivity index (χ2n) is 4.86. The molecule has 0 radical (unpaired) electrons. The van der Waals surface area contributed by atoms with Gasteiger partial charge in [-0.2, -0.15) is 0 Å². The van der Waals surface area contributed by atoms with Crippen LogP contribution in [-0.4, -0.2) is 5.54 Å². The summed E-state index contributed by atoms with van der Waals surface area (Å²) in [6, 6.07) is 5.69. The van der Waals surface area contributed by atoms with E-state index in [4.69, 9.17) is 23.2 Å².